The molecule has 0 bridgehead atoms. The average Bonchev–Trinajstić information content (AvgIpc) is 2.54. The zero-order chi connectivity index (χ0) is 15.4. The van der Waals surface area contributed by atoms with Crippen molar-refractivity contribution in [1.29, 1.82) is 0 Å². The van der Waals surface area contributed by atoms with E-state index >= 15 is 0 Å². The van der Waals surface area contributed by atoms with E-state index in [2.05, 4.69) is 10.2 Å². The van der Waals surface area contributed by atoms with Crippen LogP contribution in [0.5, 0.6) is 0 Å². The van der Waals surface area contributed by atoms with Crippen molar-refractivity contribution in [2.75, 3.05) is 11.5 Å². The van der Waals surface area contributed by atoms with Gasteiger partial charge in [-0.2, -0.15) is 0 Å². The lowest BCUT2D eigenvalue weighted by atomic mass is 10.3. The molecule has 3 aromatic rings. The van der Waals surface area contributed by atoms with Gasteiger partial charge >= 0.3 is 0 Å². The summed E-state index contributed by atoms with van der Waals surface area (Å²) in [5, 5.41) is 10.2. The van der Waals surface area contributed by atoms with Crippen LogP contribution in [0.25, 0.3) is 0 Å². The first-order chi connectivity index (χ1) is 10.7. The van der Waals surface area contributed by atoms with E-state index in [1.54, 1.807) is 23.5 Å². The maximum atomic E-state index is 5.67. The van der Waals surface area contributed by atoms with Crippen molar-refractivity contribution in [3.63, 3.8) is 0 Å². The predicted molar refractivity (Wildman–Crippen MR) is 92.0 cm³/mol. The third-order valence-corrected chi connectivity index (χ3v) is 4.69. The largest absolute Gasteiger partial charge is 0.399 e. The normalized spacial score (nSPS) is 10.5. The first-order valence-electron chi connectivity index (χ1n) is 6.59. The number of hydrogen-bond acceptors (Lipinski definition) is 6. The number of benzene rings is 2. The first-order valence-corrected chi connectivity index (χ1v) is 8.23. The minimum Gasteiger partial charge on any atom is -0.399 e. The van der Waals surface area contributed by atoms with Gasteiger partial charge in [0.25, 0.3) is 0 Å². The molecule has 1 heterocycles. The lowest BCUT2D eigenvalue weighted by molar-refractivity contribution is 0.855. The van der Waals surface area contributed by atoms with Crippen LogP contribution in [0, 0.1) is 0 Å². The van der Waals surface area contributed by atoms with Gasteiger partial charge in [-0.05, 0) is 60.7 Å². The first kappa shape index (κ1) is 14.7. The van der Waals surface area contributed by atoms with Gasteiger partial charge in [-0.25, -0.2) is 0 Å². The molecular weight excluding hydrogens is 312 g/mol. The molecule has 6 heteroatoms. The summed E-state index contributed by atoms with van der Waals surface area (Å²) in [6.45, 7) is 0. The molecule has 1 aromatic heterocycles. The van der Waals surface area contributed by atoms with Gasteiger partial charge in [0, 0.05) is 21.2 Å². The van der Waals surface area contributed by atoms with Crippen molar-refractivity contribution >= 4 is 34.9 Å². The van der Waals surface area contributed by atoms with Gasteiger partial charge in [0.05, 0.1) is 0 Å². The molecule has 0 saturated heterocycles. The van der Waals surface area contributed by atoms with Crippen molar-refractivity contribution in [1.82, 2.24) is 10.2 Å². The summed E-state index contributed by atoms with van der Waals surface area (Å²) in [4.78, 5) is 2.17. The second kappa shape index (κ2) is 6.72. The minimum absolute atomic E-state index is 0.755. The fraction of sp³-hybridized carbons (Fsp3) is 0. The Bertz CT molecular complexity index is 674. The number of aromatic nitrogens is 2. The van der Waals surface area contributed by atoms with E-state index in [9.17, 15) is 0 Å². The fourth-order valence-electron chi connectivity index (χ4n) is 1.73. The minimum atomic E-state index is 0.755. The highest BCUT2D eigenvalue weighted by Crippen LogP contribution is 2.29. The summed E-state index contributed by atoms with van der Waals surface area (Å²) in [6, 6.07) is 19.3. The van der Waals surface area contributed by atoms with Gasteiger partial charge in [0.2, 0.25) is 0 Å². The molecule has 0 radical (unpaired) electrons. The molecule has 0 aliphatic heterocycles. The molecule has 4 N–H and O–H groups in total. The van der Waals surface area contributed by atoms with Crippen molar-refractivity contribution < 1.29 is 0 Å². The number of nitrogen functional groups attached to an aromatic ring is 2. The Morgan fingerprint density at radius 3 is 1.23 bits per heavy atom. The monoisotopic (exact) mass is 326 g/mol. The Morgan fingerprint density at radius 2 is 0.909 bits per heavy atom. The Balaban J connectivity index is 1.67. The summed E-state index contributed by atoms with van der Waals surface area (Å²) in [5.74, 6) is 0. The fourth-order valence-corrected chi connectivity index (χ4v) is 3.19. The zero-order valence-electron chi connectivity index (χ0n) is 11.6. The van der Waals surface area contributed by atoms with Gasteiger partial charge in [0.15, 0.2) is 0 Å². The molecule has 0 fully saturated rings. The summed E-state index contributed by atoms with van der Waals surface area (Å²) in [6.07, 6.45) is 0. The molecule has 110 valence electrons. The molecule has 2 aromatic carbocycles. The van der Waals surface area contributed by atoms with E-state index in [0.717, 1.165) is 31.2 Å². The highest BCUT2D eigenvalue weighted by molar-refractivity contribution is 7.99. The maximum Gasteiger partial charge on any atom is 0.124 e. The molecule has 4 nitrogen and oxygen atoms in total. The van der Waals surface area contributed by atoms with Gasteiger partial charge in [-0.1, -0.05) is 23.5 Å². The van der Waals surface area contributed by atoms with Crippen LogP contribution in [0.4, 0.5) is 11.4 Å². The highest BCUT2D eigenvalue weighted by Gasteiger charge is 2.03. The third kappa shape index (κ3) is 3.93. The Kier molecular flexibility index (Phi) is 4.50. The molecule has 0 amide bonds. The molecule has 0 atom stereocenters. The standard InChI is InChI=1S/C16H14N4S2/c17-11-1-5-13(6-2-11)21-15-9-10-16(20-19-15)22-14-7-3-12(18)4-8-14/h1-10H,17-18H2. The lowest BCUT2D eigenvalue weighted by Gasteiger charge is -2.03. The van der Waals surface area contributed by atoms with E-state index in [-0.39, 0.29) is 0 Å². The molecule has 0 aliphatic carbocycles. The van der Waals surface area contributed by atoms with Crippen LogP contribution in [0.15, 0.2) is 80.5 Å². The lowest BCUT2D eigenvalue weighted by Crippen LogP contribution is -1.88. The van der Waals surface area contributed by atoms with Crippen LogP contribution in [-0.4, -0.2) is 10.2 Å². The second-order valence-electron chi connectivity index (χ2n) is 4.55. The van der Waals surface area contributed by atoms with Crippen LogP contribution in [0.3, 0.4) is 0 Å². The molecule has 0 spiro atoms. The molecular formula is C16H14N4S2. The predicted octanol–water partition coefficient (Wildman–Crippen LogP) is 3.94. The van der Waals surface area contributed by atoms with Crippen molar-refractivity contribution in [2.24, 2.45) is 0 Å². The number of rotatable bonds is 4. The Hall–Kier alpha value is -2.18. The van der Waals surface area contributed by atoms with Crippen molar-refractivity contribution in [2.45, 2.75) is 19.8 Å². The highest BCUT2D eigenvalue weighted by atomic mass is 32.2. The van der Waals surface area contributed by atoms with Gasteiger partial charge < -0.3 is 11.5 Å². The SMILES string of the molecule is Nc1ccc(Sc2ccc(Sc3ccc(N)cc3)nn2)cc1. The van der Waals surface area contributed by atoms with E-state index < -0.39 is 0 Å². The maximum absolute atomic E-state index is 5.67. The second-order valence-corrected chi connectivity index (χ2v) is 6.74. The summed E-state index contributed by atoms with van der Waals surface area (Å²) < 4.78 is 0. The Labute approximate surface area is 137 Å². The molecule has 0 saturated carbocycles. The van der Waals surface area contributed by atoms with Gasteiger partial charge in [-0.3, -0.25) is 0 Å². The van der Waals surface area contributed by atoms with E-state index in [4.69, 9.17) is 11.5 Å². The van der Waals surface area contributed by atoms with Gasteiger partial charge in [-0.15, -0.1) is 10.2 Å². The number of nitrogens with two attached hydrogens (primary N) is 2. The average molecular weight is 326 g/mol. The van der Waals surface area contributed by atoms with Crippen molar-refractivity contribution in [3.05, 3.63) is 60.7 Å². The van der Waals surface area contributed by atoms with Crippen LogP contribution < -0.4 is 11.5 Å². The van der Waals surface area contributed by atoms with E-state index in [1.807, 2.05) is 60.7 Å². The van der Waals surface area contributed by atoms with Crippen LogP contribution in [-0.2, 0) is 0 Å². The summed E-state index contributed by atoms with van der Waals surface area (Å²) in [5.41, 5.74) is 12.9. The van der Waals surface area contributed by atoms with Gasteiger partial charge in [0.1, 0.15) is 10.1 Å². The smallest absolute Gasteiger partial charge is 0.124 e. The van der Waals surface area contributed by atoms with Crippen LogP contribution in [0.2, 0.25) is 0 Å². The van der Waals surface area contributed by atoms with Crippen LogP contribution >= 0.6 is 23.5 Å². The number of hydrogen-bond donors (Lipinski definition) is 2. The number of anilines is 2. The summed E-state index contributed by atoms with van der Waals surface area (Å²) >= 11 is 3.12. The third-order valence-electron chi connectivity index (χ3n) is 2.82. The molecule has 0 unspecified atom stereocenters. The van der Waals surface area contributed by atoms with Crippen molar-refractivity contribution in [3.8, 4) is 0 Å². The topological polar surface area (TPSA) is 77.8 Å². The Morgan fingerprint density at radius 1 is 0.545 bits per heavy atom. The molecule has 3 rings (SSSR count). The number of nitrogens with zero attached hydrogens (tertiary/aromatic N) is 2. The quantitative estimate of drug-likeness (QED) is 0.707. The molecule has 22 heavy (non-hydrogen) atoms. The van der Waals surface area contributed by atoms with E-state index in [0.29, 0.717) is 0 Å². The zero-order valence-corrected chi connectivity index (χ0v) is 13.3. The summed E-state index contributed by atoms with van der Waals surface area (Å²) in [7, 11) is 0. The molecule has 0 aliphatic rings. The van der Waals surface area contributed by atoms with Crippen LogP contribution in [0.1, 0.15) is 0 Å². The van der Waals surface area contributed by atoms with E-state index in [1.165, 1.54) is 0 Å².